The summed E-state index contributed by atoms with van der Waals surface area (Å²) in [5, 5.41) is 23.0. The van der Waals surface area contributed by atoms with Crippen LogP contribution in [0.25, 0.3) is 0 Å². The zero-order chi connectivity index (χ0) is 24.2. The second-order valence-electron chi connectivity index (χ2n) is 12.4. The third-order valence-corrected chi connectivity index (χ3v) is 11.0. The van der Waals surface area contributed by atoms with E-state index < -0.39 is 5.97 Å². The Kier molecular flexibility index (Phi) is 6.82. The second kappa shape index (κ2) is 8.94. The Morgan fingerprint density at radius 2 is 1.85 bits per heavy atom. The largest absolute Gasteiger partial charge is 0.481 e. The van der Waals surface area contributed by atoms with E-state index in [1.807, 2.05) is 0 Å². The van der Waals surface area contributed by atoms with Crippen molar-refractivity contribution in [1.82, 2.24) is 5.32 Å². The maximum absolute atomic E-state index is 12.0. The molecule has 4 saturated carbocycles. The number of ether oxygens (including phenoxy) is 1. The second-order valence-corrected chi connectivity index (χ2v) is 12.8. The first-order valence-electron chi connectivity index (χ1n) is 13.1. The minimum atomic E-state index is -0.661. The standard InChI is InChI=1S/C26H44N2O4S/c1-15(2)21(14-29)28-23(33)32-17-7-10-24(3)16(13-17)5-6-19-18(24)8-11-25(4)20(22(30)31)9-12-26(19,25)27/h15-21,29H,5-14,27H2,1-4H3,(H,28,33)(H,30,31)/t16-,17+,18+,19-,20-,21?,24+,25-,26+/m1/s1. The predicted octanol–water partition coefficient (Wildman–Crippen LogP) is 4.09. The number of hydrogen-bond acceptors (Lipinski definition) is 5. The summed E-state index contributed by atoms with van der Waals surface area (Å²) in [5.74, 6) is 0.875. The summed E-state index contributed by atoms with van der Waals surface area (Å²) in [7, 11) is 0. The number of hydrogen-bond donors (Lipinski definition) is 4. The van der Waals surface area contributed by atoms with E-state index in [9.17, 15) is 15.0 Å². The summed E-state index contributed by atoms with van der Waals surface area (Å²) in [6, 6.07) is -0.0832. The zero-order valence-corrected chi connectivity index (χ0v) is 21.6. The Morgan fingerprint density at radius 3 is 2.48 bits per heavy atom. The van der Waals surface area contributed by atoms with Gasteiger partial charge in [0.25, 0.3) is 5.17 Å². The molecule has 9 atom stereocenters. The fraction of sp³-hybridized carbons (Fsp3) is 0.923. The van der Waals surface area contributed by atoms with E-state index in [0.717, 1.165) is 57.8 Å². The van der Waals surface area contributed by atoms with E-state index in [-0.39, 0.29) is 47.0 Å². The molecule has 4 rings (SSSR count). The van der Waals surface area contributed by atoms with Crippen LogP contribution in [0.3, 0.4) is 0 Å². The molecule has 4 aliphatic rings. The molecule has 188 valence electrons. The number of carboxylic acids is 1. The number of aliphatic hydroxyl groups is 1. The van der Waals surface area contributed by atoms with Gasteiger partial charge in [0.05, 0.1) is 18.6 Å². The van der Waals surface area contributed by atoms with Gasteiger partial charge in [-0.15, -0.1) is 0 Å². The average molecular weight is 481 g/mol. The highest BCUT2D eigenvalue weighted by Gasteiger charge is 2.67. The third kappa shape index (κ3) is 4.00. The number of carbonyl (C=O) groups is 1. The van der Waals surface area contributed by atoms with Crippen LogP contribution in [0, 0.1) is 40.4 Å². The lowest BCUT2D eigenvalue weighted by molar-refractivity contribution is -0.157. The topological polar surface area (TPSA) is 105 Å². The fourth-order valence-corrected chi connectivity index (χ4v) is 8.84. The summed E-state index contributed by atoms with van der Waals surface area (Å²) in [5.41, 5.74) is 6.79. The molecule has 0 spiro atoms. The van der Waals surface area contributed by atoms with Crippen molar-refractivity contribution >= 4 is 23.4 Å². The summed E-state index contributed by atoms with van der Waals surface area (Å²) in [6.45, 7) is 8.79. The Hall–Kier alpha value is -0.920. The zero-order valence-electron chi connectivity index (χ0n) is 20.8. The molecule has 0 saturated heterocycles. The van der Waals surface area contributed by atoms with Crippen molar-refractivity contribution in [2.45, 2.75) is 103 Å². The minimum Gasteiger partial charge on any atom is -0.481 e. The normalized spacial score (nSPS) is 45.5. The van der Waals surface area contributed by atoms with Gasteiger partial charge in [0.15, 0.2) is 0 Å². The molecule has 0 aromatic carbocycles. The molecule has 0 radical (unpaired) electrons. The summed E-state index contributed by atoms with van der Waals surface area (Å²) < 4.78 is 6.17. The maximum Gasteiger partial charge on any atom is 0.307 e. The van der Waals surface area contributed by atoms with E-state index in [0.29, 0.717) is 22.9 Å². The lowest BCUT2D eigenvalue weighted by Gasteiger charge is -2.64. The molecule has 4 fully saturated rings. The summed E-state index contributed by atoms with van der Waals surface area (Å²) in [4.78, 5) is 12.0. The van der Waals surface area contributed by atoms with Gasteiger partial charge in [0, 0.05) is 5.54 Å². The monoisotopic (exact) mass is 480 g/mol. The number of thiocarbonyl (C=S) groups is 1. The number of nitrogens with one attached hydrogen (secondary N) is 1. The van der Waals surface area contributed by atoms with E-state index in [1.54, 1.807) is 0 Å². The number of nitrogens with two attached hydrogens (primary N) is 1. The van der Waals surface area contributed by atoms with E-state index in [4.69, 9.17) is 22.7 Å². The van der Waals surface area contributed by atoms with Gasteiger partial charge in [-0.3, -0.25) is 4.79 Å². The molecule has 7 heteroatoms. The lowest BCUT2D eigenvalue weighted by atomic mass is 9.42. The first kappa shape index (κ1) is 25.2. The van der Waals surface area contributed by atoms with Gasteiger partial charge in [-0.2, -0.15) is 0 Å². The molecule has 0 heterocycles. The molecule has 1 unspecified atom stereocenters. The Bertz CT molecular complexity index is 777. The number of carboxylic acid groups (broad SMARTS) is 1. The quantitative estimate of drug-likeness (QED) is 0.439. The maximum atomic E-state index is 12.0. The van der Waals surface area contributed by atoms with Gasteiger partial charge in [-0.1, -0.05) is 27.7 Å². The van der Waals surface area contributed by atoms with Gasteiger partial charge in [0.1, 0.15) is 6.10 Å². The van der Waals surface area contributed by atoms with Crippen LogP contribution >= 0.6 is 12.2 Å². The van der Waals surface area contributed by atoms with Crippen LogP contribution in [0.2, 0.25) is 0 Å². The van der Waals surface area contributed by atoms with Crippen molar-refractivity contribution in [3.8, 4) is 0 Å². The summed E-state index contributed by atoms with van der Waals surface area (Å²) >= 11 is 5.46. The number of aliphatic hydroxyl groups excluding tert-OH is 1. The van der Waals surface area contributed by atoms with Crippen LogP contribution in [-0.2, 0) is 9.53 Å². The molecular formula is C26H44N2O4S. The molecule has 5 N–H and O–H groups in total. The van der Waals surface area contributed by atoms with Crippen LogP contribution in [0.15, 0.2) is 0 Å². The molecule has 4 aliphatic carbocycles. The van der Waals surface area contributed by atoms with Crippen LogP contribution < -0.4 is 11.1 Å². The van der Waals surface area contributed by atoms with Gasteiger partial charge in [-0.25, -0.2) is 0 Å². The minimum absolute atomic E-state index is 0.0398. The molecule has 0 aliphatic heterocycles. The van der Waals surface area contributed by atoms with Gasteiger partial charge in [-0.05, 0) is 105 Å². The smallest absolute Gasteiger partial charge is 0.307 e. The number of rotatable bonds is 5. The van der Waals surface area contributed by atoms with Crippen molar-refractivity contribution in [3.05, 3.63) is 0 Å². The first-order valence-corrected chi connectivity index (χ1v) is 13.5. The van der Waals surface area contributed by atoms with E-state index in [1.165, 1.54) is 0 Å². The SMILES string of the molecule is CC(C)C(CO)NC(=S)O[C@H]1CC[C@@]2(C)[C@H](CC[C@@H]3[C@@H]2CC[C@]2(C)[C@@H](C(=O)O)CC[C@]32N)C1. The average Bonchev–Trinajstić information content (AvgIpc) is 3.03. The molecule has 6 nitrogen and oxygen atoms in total. The molecule has 0 aromatic rings. The highest BCUT2D eigenvalue weighted by Crippen LogP contribution is 2.68. The molecule has 33 heavy (non-hydrogen) atoms. The predicted molar refractivity (Wildman–Crippen MR) is 133 cm³/mol. The summed E-state index contributed by atoms with van der Waals surface area (Å²) in [6.07, 6.45) is 9.03. The molecule has 0 aromatic heterocycles. The van der Waals surface area contributed by atoms with Crippen molar-refractivity contribution in [3.63, 3.8) is 0 Å². The third-order valence-electron chi connectivity index (χ3n) is 10.8. The van der Waals surface area contributed by atoms with Crippen LogP contribution in [0.5, 0.6) is 0 Å². The fourth-order valence-electron chi connectivity index (χ4n) is 8.55. The van der Waals surface area contributed by atoms with Crippen LogP contribution in [0.1, 0.15) is 85.5 Å². The van der Waals surface area contributed by atoms with Gasteiger partial charge in [0.2, 0.25) is 0 Å². The Labute approximate surface area is 204 Å². The van der Waals surface area contributed by atoms with Crippen LogP contribution in [0.4, 0.5) is 0 Å². The molecule has 0 bridgehead atoms. The van der Waals surface area contributed by atoms with Crippen molar-refractivity contribution in [2.24, 2.45) is 46.2 Å². The van der Waals surface area contributed by atoms with Crippen molar-refractivity contribution in [2.75, 3.05) is 6.61 Å². The van der Waals surface area contributed by atoms with Gasteiger partial charge < -0.3 is 26.0 Å². The molecular weight excluding hydrogens is 436 g/mol. The highest BCUT2D eigenvalue weighted by molar-refractivity contribution is 7.80. The van der Waals surface area contributed by atoms with Gasteiger partial charge >= 0.3 is 5.97 Å². The number of fused-ring (bicyclic) bond motifs is 5. The van der Waals surface area contributed by atoms with Crippen LogP contribution in [-0.4, -0.2) is 45.6 Å². The molecule has 0 amide bonds. The Morgan fingerprint density at radius 1 is 1.12 bits per heavy atom. The van der Waals surface area contributed by atoms with E-state index >= 15 is 0 Å². The van der Waals surface area contributed by atoms with Crippen molar-refractivity contribution < 1.29 is 19.7 Å². The Balaban J connectivity index is 1.44. The first-order chi connectivity index (χ1) is 15.5. The highest BCUT2D eigenvalue weighted by atomic mass is 32.1. The van der Waals surface area contributed by atoms with E-state index in [2.05, 4.69) is 33.0 Å². The lowest BCUT2D eigenvalue weighted by Crippen LogP contribution is -2.66. The van der Waals surface area contributed by atoms with Crippen molar-refractivity contribution in [1.29, 1.82) is 0 Å². The number of aliphatic carboxylic acids is 1.